The second kappa shape index (κ2) is 21.5. The number of benzene rings is 2. The molecule has 11 heteroatoms. The van der Waals surface area contributed by atoms with Gasteiger partial charge in [0.15, 0.2) is 0 Å². The Balaban J connectivity index is 0.000000220. The highest BCUT2D eigenvalue weighted by Gasteiger charge is 2.42. The standard InChI is InChI=1S/C28H34N4O2S.C28H38N2O2.C2H6/c1-17-8-11-23(30(17)5)22-15-21-18(14-24(22)34-7)9-10-20-25(27(33)31(6)28(2,3)4)29-32(26(20)21)19-12-13-35-16-19;1-18(2)13-21-15-23-20(4)25(17-32-26(23)14-19(21)3)24(16-29-22-11-9-10-12-22)27(31)30(8)28(5,6)7;1-2/h8,11-16,25,29H,9-10H2,1-7H3;9-11,14-16,18,29H,12-13,17H2,1-8H3;1-2H3/b;24-16+;. The Hall–Kier alpha value is -5.78. The van der Waals surface area contributed by atoms with Crippen LogP contribution in [0.5, 0.6) is 11.5 Å². The van der Waals surface area contributed by atoms with Crippen molar-refractivity contribution in [3.05, 3.63) is 134 Å². The fourth-order valence-corrected chi connectivity index (χ4v) is 9.60. The molecule has 0 saturated carbocycles. The van der Waals surface area contributed by atoms with Crippen molar-refractivity contribution >= 4 is 40.1 Å². The molecule has 2 N–H and O–H groups in total. The minimum Gasteiger partial charge on any atom is -0.496 e. The van der Waals surface area contributed by atoms with Crippen LogP contribution in [0.1, 0.15) is 123 Å². The maximum Gasteiger partial charge on any atom is 0.255 e. The summed E-state index contributed by atoms with van der Waals surface area (Å²) in [5.74, 6) is 2.45. The first-order valence-electron chi connectivity index (χ1n) is 24.6. The number of hydrazine groups is 1. The maximum absolute atomic E-state index is 13.7. The van der Waals surface area contributed by atoms with Crippen LogP contribution in [0.2, 0.25) is 0 Å². The number of nitrogens with zero attached hydrogens (tertiary/aromatic N) is 4. The molecule has 8 rings (SSSR count). The number of carbonyl (C=O) groups excluding carboxylic acids is 2. The number of aromatic nitrogens is 1. The summed E-state index contributed by atoms with van der Waals surface area (Å²) >= 11 is 1.66. The molecule has 69 heavy (non-hydrogen) atoms. The molecule has 2 aromatic heterocycles. The molecule has 2 aromatic carbocycles. The van der Waals surface area contributed by atoms with E-state index in [4.69, 9.17) is 9.47 Å². The molecule has 0 saturated heterocycles. The fourth-order valence-electron chi connectivity index (χ4n) is 8.98. The highest BCUT2D eigenvalue weighted by atomic mass is 32.1. The van der Waals surface area contributed by atoms with Crippen LogP contribution in [-0.2, 0) is 29.5 Å². The monoisotopic (exact) mass is 955 g/mol. The molecule has 1 atom stereocenters. The molecular formula is C58H78N6O4S. The van der Waals surface area contributed by atoms with Crippen molar-refractivity contribution in [1.82, 2.24) is 25.1 Å². The van der Waals surface area contributed by atoms with E-state index >= 15 is 0 Å². The van der Waals surface area contributed by atoms with Crippen molar-refractivity contribution in [3.8, 4) is 22.8 Å². The lowest BCUT2D eigenvalue weighted by atomic mass is 9.85. The molecule has 0 spiro atoms. The molecule has 2 aliphatic heterocycles. The molecule has 10 nitrogen and oxygen atoms in total. The van der Waals surface area contributed by atoms with Gasteiger partial charge in [-0.1, -0.05) is 39.8 Å². The molecule has 370 valence electrons. The number of anilines is 1. The Kier molecular flexibility index (Phi) is 16.4. The molecule has 1 unspecified atom stereocenters. The first-order chi connectivity index (χ1) is 32.6. The van der Waals surface area contributed by atoms with Crippen LogP contribution in [0.15, 0.2) is 100 Å². The largest absolute Gasteiger partial charge is 0.496 e. The summed E-state index contributed by atoms with van der Waals surface area (Å²) in [6, 6.07) is 14.8. The van der Waals surface area contributed by atoms with Gasteiger partial charge in [-0.25, -0.2) is 5.43 Å². The summed E-state index contributed by atoms with van der Waals surface area (Å²) in [5, 5.41) is 9.67. The van der Waals surface area contributed by atoms with E-state index in [1.165, 1.54) is 22.4 Å². The van der Waals surface area contributed by atoms with E-state index in [1.807, 2.05) is 72.0 Å². The zero-order chi connectivity index (χ0) is 50.7. The minimum atomic E-state index is -0.384. The van der Waals surface area contributed by atoms with Gasteiger partial charge in [-0.2, -0.15) is 11.3 Å². The van der Waals surface area contributed by atoms with Gasteiger partial charge in [0, 0.05) is 83.9 Å². The molecule has 0 fully saturated rings. The Morgan fingerprint density at radius 3 is 2.25 bits per heavy atom. The first-order valence-corrected chi connectivity index (χ1v) is 25.6. The number of ether oxygens (including phenoxy) is 2. The van der Waals surface area contributed by atoms with Gasteiger partial charge in [-0.3, -0.25) is 14.6 Å². The quantitative estimate of drug-likeness (QED) is 0.153. The van der Waals surface area contributed by atoms with E-state index in [2.05, 4.69) is 142 Å². The lowest BCUT2D eigenvalue weighted by Crippen LogP contribution is -2.52. The van der Waals surface area contributed by atoms with Crippen LogP contribution in [0.25, 0.3) is 22.5 Å². The first kappa shape index (κ1) is 52.6. The highest BCUT2D eigenvalue weighted by molar-refractivity contribution is 7.08. The van der Waals surface area contributed by atoms with Crippen LogP contribution >= 0.6 is 11.3 Å². The summed E-state index contributed by atoms with van der Waals surface area (Å²) in [7, 11) is 7.58. The lowest BCUT2D eigenvalue weighted by molar-refractivity contribution is -0.135. The number of allylic oxidation sites excluding steroid dienone is 4. The fraction of sp³-hybridized carbons (Fsp3) is 0.448. The molecular weight excluding hydrogens is 877 g/mol. The Morgan fingerprint density at radius 2 is 1.67 bits per heavy atom. The van der Waals surface area contributed by atoms with Crippen LogP contribution < -0.4 is 25.2 Å². The number of aryl methyl sites for hydroxylation is 3. The SMILES string of the molecule is CC.CC1=C(/C(=C\NC2=CC=CC2)C(=O)N(C)C(C)(C)C)COc2cc(C)c(CC(C)C)cc21.COc1cc2c(cc1-c1ccc(C)n1C)C1=C(CC2)C(C(=O)N(C)C(C)(C)C)NN1c1ccsc1. The van der Waals surface area contributed by atoms with E-state index < -0.39 is 0 Å². The number of thiophene rings is 1. The smallest absolute Gasteiger partial charge is 0.255 e. The number of fused-ring (bicyclic) bond motifs is 3. The number of amides is 2. The number of likely N-dealkylation sites (N-methyl/N-ethyl adjacent to an activating group) is 2. The summed E-state index contributed by atoms with van der Waals surface area (Å²) in [5.41, 5.74) is 19.6. The van der Waals surface area contributed by atoms with Gasteiger partial charge in [0.2, 0.25) is 5.91 Å². The third-order valence-electron chi connectivity index (χ3n) is 13.8. The van der Waals surface area contributed by atoms with Crippen molar-refractivity contribution in [2.24, 2.45) is 13.0 Å². The van der Waals surface area contributed by atoms with Crippen molar-refractivity contribution in [3.63, 3.8) is 0 Å². The molecule has 2 aliphatic carbocycles. The average molecular weight is 955 g/mol. The number of rotatable bonds is 10. The molecule has 2 amide bonds. The van der Waals surface area contributed by atoms with Crippen LogP contribution in [0.3, 0.4) is 0 Å². The van der Waals surface area contributed by atoms with Crippen LogP contribution in [-0.4, -0.2) is 71.1 Å². The van der Waals surface area contributed by atoms with E-state index in [0.29, 0.717) is 18.1 Å². The van der Waals surface area contributed by atoms with Gasteiger partial charge in [0.1, 0.15) is 24.1 Å². The summed E-state index contributed by atoms with van der Waals surface area (Å²) in [4.78, 5) is 31.0. The van der Waals surface area contributed by atoms with E-state index in [-0.39, 0.29) is 28.9 Å². The lowest BCUT2D eigenvalue weighted by Gasteiger charge is -2.34. The Morgan fingerprint density at radius 1 is 0.957 bits per heavy atom. The van der Waals surface area contributed by atoms with Gasteiger partial charge < -0.3 is 29.2 Å². The Bertz CT molecular complexity index is 2700. The molecule has 4 heterocycles. The van der Waals surface area contributed by atoms with Gasteiger partial charge in [0.25, 0.3) is 5.91 Å². The third-order valence-corrected chi connectivity index (χ3v) is 14.5. The Labute approximate surface area is 417 Å². The summed E-state index contributed by atoms with van der Waals surface area (Å²) in [6.45, 7) is 27.6. The summed E-state index contributed by atoms with van der Waals surface area (Å²) in [6.07, 6.45) is 11.6. The van der Waals surface area contributed by atoms with E-state index in [9.17, 15) is 9.59 Å². The molecule has 0 radical (unpaired) electrons. The van der Waals surface area contributed by atoms with Gasteiger partial charge in [-0.05, 0) is 169 Å². The van der Waals surface area contributed by atoms with Crippen LogP contribution in [0.4, 0.5) is 5.69 Å². The second-order valence-electron chi connectivity index (χ2n) is 20.8. The maximum atomic E-state index is 13.7. The second-order valence-corrected chi connectivity index (χ2v) is 21.6. The van der Waals surface area contributed by atoms with Gasteiger partial charge in [-0.15, -0.1) is 0 Å². The number of hydrogen-bond donors (Lipinski definition) is 2. The van der Waals surface area contributed by atoms with Crippen LogP contribution in [0, 0.1) is 19.8 Å². The zero-order valence-corrected chi connectivity index (χ0v) is 45.3. The number of hydrogen-bond acceptors (Lipinski definition) is 8. The predicted octanol–water partition coefficient (Wildman–Crippen LogP) is 12.3. The number of carbonyl (C=O) groups is 2. The van der Waals surface area contributed by atoms with Crippen molar-refractivity contribution in [1.29, 1.82) is 0 Å². The molecule has 4 aliphatic rings. The predicted molar refractivity (Wildman–Crippen MR) is 288 cm³/mol. The van der Waals surface area contributed by atoms with Crippen molar-refractivity contribution in [2.75, 3.05) is 32.8 Å². The zero-order valence-electron chi connectivity index (χ0n) is 44.5. The van der Waals surface area contributed by atoms with Gasteiger partial charge >= 0.3 is 0 Å². The third kappa shape index (κ3) is 11.2. The van der Waals surface area contributed by atoms with Gasteiger partial charge in [0.05, 0.1) is 29.8 Å². The van der Waals surface area contributed by atoms with Crippen molar-refractivity contribution < 1.29 is 19.1 Å². The van der Waals surface area contributed by atoms with E-state index in [0.717, 1.165) is 93.4 Å². The average Bonchev–Trinajstić information content (AvgIpc) is 4.15. The topological polar surface area (TPSA) is 91.3 Å². The highest BCUT2D eigenvalue weighted by Crippen LogP contribution is 2.46. The number of nitrogens with one attached hydrogen (secondary N) is 2. The number of methoxy groups -OCH3 is 1. The molecule has 4 aromatic rings. The van der Waals surface area contributed by atoms with Crippen molar-refractivity contribution in [2.45, 2.75) is 133 Å². The normalized spacial score (nSPS) is 16.4. The molecule has 0 bridgehead atoms. The van der Waals surface area contributed by atoms with E-state index in [1.54, 1.807) is 23.3 Å². The summed E-state index contributed by atoms with van der Waals surface area (Å²) < 4.78 is 14.2. The minimum absolute atomic E-state index is 0.00697.